The highest BCUT2D eigenvalue weighted by Crippen LogP contribution is 2.15. The summed E-state index contributed by atoms with van der Waals surface area (Å²) >= 11 is 0. The van der Waals surface area contributed by atoms with Crippen LogP contribution in [0.3, 0.4) is 0 Å². The van der Waals surface area contributed by atoms with E-state index in [-0.39, 0.29) is 6.04 Å². The fourth-order valence-corrected chi connectivity index (χ4v) is 1.62. The summed E-state index contributed by atoms with van der Waals surface area (Å²) in [5.74, 6) is 0. The van der Waals surface area contributed by atoms with E-state index in [1.807, 2.05) is 24.3 Å². The van der Waals surface area contributed by atoms with E-state index < -0.39 is 6.03 Å². The van der Waals surface area contributed by atoms with E-state index in [2.05, 4.69) is 36.6 Å². The number of nitrogens with zero attached hydrogens (tertiary/aromatic N) is 1. The van der Waals surface area contributed by atoms with Crippen LogP contribution in [-0.2, 0) is 0 Å². The highest BCUT2D eigenvalue weighted by Gasteiger charge is 2.04. The van der Waals surface area contributed by atoms with Gasteiger partial charge in [-0.15, -0.1) is 0 Å². The minimum atomic E-state index is -0.542. The fraction of sp³-hybridized carbons (Fsp3) is 0.462. The van der Waals surface area contributed by atoms with Crippen LogP contribution in [-0.4, -0.2) is 38.1 Å². The molecule has 1 unspecified atom stereocenters. The number of primary amides is 1. The molecule has 0 aliphatic rings. The van der Waals surface area contributed by atoms with E-state index in [0.717, 1.165) is 13.1 Å². The Bertz CT molecular complexity index is 375. The van der Waals surface area contributed by atoms with E-state index in [1.165, 1.54) is 5.56 Å². The molecular formula is C13H22N4O. The number of carbonyl (C=O) groups is 1. The number of likely N-dealkylation sites (N-methyl/N-ethyl adjacent to an activating group) is 1. The van der Waals surface area contributed by atoms with Gasteiger partial charge in [0.1, 0.15) is 0 Å². The molecule has 1 aromatic rings. The number of hydrogen-bond acceptors (Lipinski definition) is 3. The average Bonchev–Trinajstić information content (AvgIpc) is 2.28. The number of nitrogens with two attached hydrogens (primary N) is 1. The summed E-state index contributed by atoms with van der Waals surface area (Å²) in [4.78, 5) is 12.8. The number of urea groups is 1. The molecular weight excluding hydrogens is 228 g/mol. The number of anilines is 1. The van der Waals surface area contributed by atoms with Crippen molar-refractivity contribution in [3.63, 3.8) is 0 Å². The molecule has 0 aliphatic carbocycles. The second-order valence-electron chi connectivity index (χ2n) is 4.59. The summed E-state index contributed by atoms with van der Waals surface area (Å²) in [6.07, 6.45) is 0. The third-order valence-electron chi connectivity index (χ3n) is 2.69. The van der Waals surface area contributed by atoms with Crippen LogP contribution in [0.5, 0.6) is 0 Å². The molecule has 0 fully saturated rings. The maximum Gasteiger partial charge on any atom is 0.316 e. The van der Waals surface area contributed by atoms with E-state index in [4.69, 9.17) is 5.73 Å². The Labute approximate surface area is 108 Å². The van der Waals surface area contributed by atoms with Crippen molar-refractivity contribution in [2.75, 3.05) is 32.5 Å². The zero-order chi connectivity index (χ0) is 13.5. The number of nitrogens with one attached hydrogen (secondary N) is 2. The van der Waals surface area contributed by atoms with Crippen LogP contribution in [0.1, 0.15) is 18.5 Å². The molecule has 1 atom stereocenters. The molecule has 5 nitrogen and oxygen atoms in total. The second kappa shape index (κ2) is 6.98. The topological polar surface area (TPSA) is 70.4 Å². The maximum absolute atomic E-state index is 10.7. The normalized spacial score (nSPS) is 12.4. The number of carbonyl (C=O) groups excluding carboxylic acids is 1. The monoisotopic (exact) mass is 250 g/mol. The highest BCUT2D eigenvalue weighted by molar-refractivity contribution is 5.87. The molecule has 0 bridgehead atoms. The van der Waals surface area contributed by atoms with Gasteiger partial charge in [0.15, 0.2) is 0 Å². The Kier molecular flexibility index (Phi) is 5.61. The molecule has 1 rings (SSSR count). The van der Waals surface area contributed by atoms with Gasteiger partial charge in [0, 0.05) is 24.8 Å². The van der Waals surface area contributed by atoms with E-state index in [1.54, 1.807) is 0 Å². The molecule has 1 aromatic carbocycles. The first-order chi connectivity index (χ1) is 8.49. The summed E-state index contributed by atoms with van der Waals surface area (Å²) in [5.41, 5.74) is 6.95. The Morgan fingerprint density at radius 2 is 1.94 bits per heavy atom. The van der Waals surface area contributed by atoms with Crippen molar-refractivity contribution >= 4 is 11.7 Å². The molecule has 0 saturated heterocycles. The first-order valence-corrected chi connectivity index (χ1v) is 6.03. The van der Waals surface area contributed by atoms with Crippen LogP contribution >= 0.6 is 0 Å². The molecule has 4 N–H and O–H groups in total. The van der Waals surface area contributed by atoms with Gasteiger partial charge in [-0.2, -0.15) is 0 Å². The smallest absolute Gasteiger partial charge is 0.316 e. The highest BCUT2D eigenvalue weighted by atomic mass is 16.2. The number of rotatable bonds is 6. The summed E-state index contributed by atoms with van der Waals surface area (Å²) in [5, 5.41) is 5.98. The molecule has 100 valence electrons. The van der Waals surface area contributed by atoms with Gasteiger partial charge in [0.2, 0.25) is 0 Å². The van der Waals surface area contributed by atoms with Gasteiger partial charge in [-0.1, -0.05) is 12.1 Å². The second-order valence-corrected chi connectivity index (χ2v) is 4.59. The van der Waals surface area contributed by atoms with Crippen LogP contribution in [0.4, 0.5) is 10.5 Å². The molecule has 0 aliphatic heterocycles. The Hall–Kier alpha value is -1.59. The van der Waals surface area contributed by atoms with Crippen LogP contribution in [0.25, 0.3) is 0 Å². The molecule has 0 saturated carbocycles. The SMILES string of the molecule is CC(NCCN(C)C)c1ccc(NC(N)=O)cc1. The van der Waals surface area contributed by atoms with Crippen molar-refractivity contribution in [3.8, 4) is 0 Å². The van der Waals surface area contributed by atoms with E-state index in [9.17, 15) is 4.79 Å². The van der Waals surface area contributed by atoms with Crippen LogP contribution in [0, 0.1) is 0 Å². The minimum Gasteiger partial charge on any atom is -0.351 e. The fourth-order valence-electron chi connectivity index (χ4n) is 1.62. The van der Waals surface area contributed by atoms with Crippen molar-refractivity contribution in [2.24, 2.45) is 5.73 Å². The van der Waals surface area contributed by atoms with Crippen molar-refractivity contribution in [3.05, 3.63) is 29.8 Å². The van der Waals surface area contributed by atoms with Crippen molar-refractivity contribution in [2.45, 2.75) is 13.0 Å². The van der Waals surface area contributed by atoms with E-state index in [0.29, 0.717) is 5.69 Å². The van der Waals surface area contributed by atoms with Gasteiger partial charge in [-0.05, 0) is 38.7 Å². The van der Waals surface area contributed by atoms with Crippen molar-refractivity contribution in [1.82, 2.24) is 10.2 Å². The Morgan fingerprint density at radius 1 is 1.33 bits per heavy atom. The van der Waals surface area contributed by atoms with Gasteiger partial charge in [0.05, 0.1) is 0 Å². The predicted octanol–water partition coefficient (Wildman–Crippen LogP) is 1.39. The van der Waals surface area contributed by atoms with Gasteiger partial charge < -0.3 is 21.3 Å². The molecule has 18 heavy (non-hydrogen) atoms. The van der Waals surface area contributed by atoms with Gasteiger partial charge >= 0.3 is 6.03 Å². The van der Waals surface area contributed by atoms with Gasteiger partial charge in [-0.3, -0.25) is 0 Å². The summed E-state index contributed by atoms with van der Waals surface area (Å²) in [7, 11) is 4.10. The number of benzene rings is 1. The average molecular weight is 250 g/mol. The maximum atomic E-state index is 10.7. The van der Waals surface area contributed by atoms with Crippen molar-refractivity contribution in [1.29, 1.82) is 0 Å². The lowest BCUT2D eigenvalue weighted by atomic mass is 10.1. The summed E-state index contributed by atoms with van der Waals surface area (Å²) in [6, 6.07) is 7.42. The predicted molar refractivity (Wildman–Crippen MR) is 74.6 cm³/mol. The molecule has 2 amide bonds. The zero-order valence-electron chi connectivity index (χ0n) is 11.2. The Balaban J connectivity index is 2.48. The van der Waals surface area contributed by atoms with Gasteiger partial charge in [-0.25, -0.2) is 4.79 Å². The lowest BCUT2D eigenvalue weighted by molar-refractivity contribution is 0.259. The lowest BCUT2D eigenvalue weighted by Crippen LogP contribution is -2.28. The lowest BCUT2D eigenvalue weighted by Gasteiger charge is -2.16. The Morgan fingerprint density at radius 3 is 2.44 bits per heavy atom. The number of hydrogen-bond donors (Lipinski definition) is 3. The molecule has 0 spiro atoms. The van der Waals surface area contributed by atoms with Crippen molar-refractivity contribution < 1.29 is 4.79 Å². The van der Waals surface area contributed by atoms with Crippen LogP contribution < -0.4 is 16.4 Å². The summed E-state index contributed by atoms with van der Waals surface area (Å²) < 4.78 is 0. The van der Waals surface area contributed by atoms with Gasteiger partial charge in [0.25, 0.3) is 0 Å². The zero-order valence-corrected chi connectivity index (χ0v) is 11.2. The third kappa shape index (κ3) is 5.16. The largest absolute Gasteiger partial charge is 0.351 e. The van der Waals surface area contributed by atoms with E-state index >= 15 is 0 Å². The molecule has 5 heteroatoms. The molecule has 0 radical (unpaired) electrons. The molecule has 0 heterocycles. The minimum absolute atomic E-state index is 0.285. The standard InChI is InChI=1S/C13H22N4O/c1-10(15-8-9-17(2)3)11-4-6-12(7-5-11)16-13(14)18/h4-7,10,15H,8-9H2,1-3H3,(H3,14,16,18). The molecule has 0 aromatic heterocycles. The third-order valence-corrected chi connectivity index (χ3v) is 2.69. The number of amides is 2. The van der Waals surface area contributed by atoms with Crippen LogP contribution in [0.15, 0.2) is 24.3 Å². The first-order valence-electron chi connectivity index (χ1n) is 6.03. The summed E-state index contributed by atoms with van der Waals surface area (Å²) in [6.45, 7) is 4.06. The van der Waals surface area contributed by atoms with Crippen LogP contribution in [0.2, 0.25) is 0 Å². The quantitative estimate of drug-likeness (QED) is 0.714. The first kappa shape index (κ1) is 14.5.